The molecule has 0 heterocycles. The van der Waals surface area contributed by atoms with Crippen molar-refractivity contribution in [1.29, 1.82) is 0 Å². The number of fused-ring (bicyclic) bond motifs is 3. The van der Waals surface area contributed by atoms with E-state index in [0.717, 1.165) is 44.3 Å². The molecule has 6 heteroatoms. The van der Waals surface area contributed by atoms with Gasteiger partial charge in [0.1, 0.15) is 15.6 Å². The van der Waals surface area contributed by atoms with Crippen molar-refractivity contribution in [2.24, 2.45) is 5.92 Å². The lowest BCUT2D eigenvalue weighted by atomic mass is 9.90. The van der Waals surface area contributed by atoms with Crippen LogP contribution in [0.25, 0.3) is 11.1 Å². The van der Waals surface area contributed by atoms with Crippen LogP contribution in [-0.2, 0) is 45.1 Å². The highest BCUT2D eigenvalue weighted by Gasteiger charge is 2.45. The van der Waals surface area contributed by atoms with Gasteiger partial charge in [0.05, 0.1) is 24.9 Å². The molecule has 2 atom stereocenters. The summed E-state index contributed by atoms with van der Waals surface area (Å²) in [5, 5.41) is 0. The third-order valence-corrected chi connectivity index (χ3v) is 9.18. The Morgan fingerprint density at radius 1 is 0.950 bits per heavy atom. The van der Waals surface area contributed by atoms with Gasteiger partial charge in [0.2, 0.25) is 0 Å². The van der Waals surface area contributed by atoms with Crippen molar-refractivity contribution < 1.29 is 22.7 Å². The molecule has 0 N–H and O–H groups in total. The van der Waals surface area contributed by atoms with E-state index in [2.05, 4.69) is 61.5 Å². The summed E-state index contributed by atoms with van der Waals surface area (Å²) in [6.45, 7) is 4.85. The number of hydrogen-bond acceptors (Lipinski definition) is 5. The maximum absolute atomic E-state index is 12.0. The molecule has 5 rings (SSSR count). The molecule has 0 saturated heterocycles. The summed E-state index contributed by atoms with van der Waals surface area (Å²) in [4.78, 5) is 12.0. The number of sulfone groups is 1. The molecule has 2 aliphatic carbocycles. The molecule has 3 aromatic rings. The lowest BCUT2D eigenvalue weighted by molar-refractivity contribution is -0.144. The highest BCUT2D eigenvalue weighted by Crippen LogP contribution is 2.48. The minimum Gasteiger partial charge on any atom is -0.494 e. The van der Waals surface area contributed by atoms with Gasteiger partial charge in [-0.15, -0.1) is 0 Å². The third-order valence-electron chi connectivity index (χ3n) is 8.14. The van der Waals surface area contributed by atoms with Crippen molar-refractivity contribution in [3.63, 3.8) is 0 Å². The molecule has 5 nitrogen and oxygen atoms in total. The van der Waals surface area contributed by atoms with Crippen molar-refractivity contribution in [2.75, 3.05) is 25.2 Å². The zero-order chi connectivity index (χ0) is 28.3. The van der Waals surface area contributed by atoms with Gasteiger partial charge in [-0.05, 0) is 121 Å². The summed E-state index contributed by atoms with van der Waals surface area (Å²) < 4.78 is 34.0. The monoisotopic (exact) mass is 560 g/mol. The smallest absolute Gasteiger partial charge is 0.309 e. The van der Waals surface area contributed by atoms with E-state index in [1.165, 1.54) is 50.8 Å². The van der Waals surface area contributed by atoms with Crippen molar-refractivity contribution >= 4 is 15.8 Å². The Kier molecular flexibility index (Phi) is 8.65. The van der Waals surface area contributed by atoms with E-state index in [1.807, 2.05) is 6.92 Å². The van der Waals surface area contributed by atoms with Gasteiger partial charge in [0, 0.05) is 6.26 Å². The highest BCUT2D eigenvalue weighted by atomic mass is 32.2. The Morgan fingerprint density at radius 2 is 1.68 bits per heavy atom. The van der Waals surface area contributed by atoms with Gasteiger partial charge in [0.25, 0.3) is 0 Å². The maximum atomic E-state index is 12.0. The quantitative estimate of drug-likeness (QED) is 0.200. The number of ether oxygens (including phenoxy) is 2. The first-order valence-electron chi connectivity index (χ1n) is 14.5. The molecule has 0 bridgehead atoms. The van der Waals surface area contributed by atoms with E-state index in [0.29, 0.717) is 25.6 Å². The Labute approximate surface area is 238 Å². The lowest BCUT2D eigenvalue weighted by Gasteiger charge is -2.17. The van der Waals surface area contributed by atoms with Crippen molar-refractivity contribution in [3.8, 4) is 16.9 Å². The first-order chi connectivity index (χ1) is 19.2. The fraction of sp³-hybridized carbons (Fsp3) is 0.441. The second-order valence-electron chi connectivity index (χ2n) is 11.4. The van der Waals surface area contributed by atoms with Gasteiger partial charge in [0.15, 0.2) is 0 Å². The largest absolute Gasteiger partial charge is 0.494 e. The topological polar surface area (TPSA) is 69.7 Å². The van der Waals surface area contributed by atoms with Crippen LogP contribution in [0.1, 0.15) is 65.5 Å². The van der Waals surface area contributed by atoms with E-state index in [9.17, 15) is 13.2 Å². The predicted molar refractivity (Wildman–Crippen MR) is 160 cm³/mol. The van der Waals surface area contributed by atoms with Crippen LogP contribution in [0.4, 0.5) is 0 Å². The van der Waals surface area contributed by atoms with Gasteiger partial charge < -0.3 is 9.47 Å². The Hall–Kier alpha value is -3.12. The minimum absolute atomic E-state index is 0.0271. The van der Waals surface area contributed by atoms with E-state index >= 15 is 0 Å². The van der Waals surface area contributed by atoms with Gasteiger partial charge in [-0.25, -0.2) is 8.42 Å². The number of carbonyl (C=O) groups is 1. The minimum atomic E-state index is -2.97. The standard InChI is InChI=1S/C34H40O5S/c1-4-38-34(35)32-22-30(32)27-14-11-24(12-15-27)9-10-25-13-16-26-7-5-8-28-21-29(39-17-6-18-40(3,36)37)19-23(2)33(28)31(26)20-25/h11-16,19-21,30,32H,4-10,17-18,22H2,1-3H3/t30-,32+/m1/s1. The lowest BCUT2D eigenvalue weighted by Crippen LogP contribution is -2.08. The van der Waals surface area contributed by atoms with Crippen LogP contribution in [0.3, 0.4) is 0 Å². The van der Waals surface area contributed by atoms with Crippen LogP contribution in [0.15, 0.2) is 54.6 Å². The van der Waals surface area contributed by atoms with Crippen LogP contribution in [0.2, 0.25) is 0 Å². The Morgan fingerprint density at radius 3 is 2.42 bits per heavy atom. The normalized spacial score (nSPS) is 17.9. The molecule has 1 saturated carbocycles. The van der Waals surface area contributed by atoms with Crippen molar-refractivity contribution in [2.45, 2.75) is 64.7 Å². The van der Waals surface area contributed by atoms with Crippen LogP contribution in [0.5, 0.6) is 5.75 Å². The molecule has 40 heavy (non-hydrogen) atoms. The summed E-state index contributed by atoms with van der Waals surface area (Å²) in [6, 6.07) is 20.0. The maximum Gasteiger partial charge on any atom is 0.309 e. The predicted octanol–water partition coefficient (Wildman–Crippen LogP) is 6.42. The van der Waals surface area contributed by atoms with Crippen molar-refractivity contribution in [1.82, 2.24) is 0 Å². The first-order valence-corrected chi connectivity index (χ1v) is 16.6. The van der Waals surface area contributed by atoms with E-state index in [1.54, 1.807) is 0 Å². The molecule has 0 amide bonds. The van der Waals surface area contributed by atoms with Crippen LogP contribution >= 0.6 is 0 Å². The molecule has 0 unspecified atom stereocenters. The first kappa shape index (κ1) is 28.4. The van der Waals surface area contributed by atoms with Gasteiger partial charge in [-0.3, -0.25) is 4.79 Å². The molecule has 0 aliphatic heterocycles. The summed E-state index contributed by atoms with van der Waals surface area (Å²) in [7, 11) is -2.97. The summed E-state index contributed by atoms with van der Waals surface area (Å²) in [5.41, 5.74) is 10.4. The number of aryl methyl sites for hydroxylation is 5. The van der Waals surface area contributed by atoms with Crippen LogP contribution in [0, 0.1) is 12.8 Å². The van der Waals surface area contributed by atoms with E-state index < -0.39 is 9.84 Å². The molecule has 0 spiro atoms. The summed E-state index contributed by atoms with van der Waals surface area (Å²) >= 11 is 0. The third kappa shape index (κ3) is 6.95. The fourth-order valence-electron chi connectivity index (χ4n) is 5.99. The molecule has 212 valence electrons. The summed E-state index contributed by atoms with van der Waals surface area (Å²) in [6.07, 6.45) is 7.76. The second-order valence-corrected chi connectivity index (χ2v) is 13.7. The summed E-state index contributed by atoms with van der Waals surface area (Å²) in [5.74, 6) is 1.24. The van der Waals surface area contributed by atoms with Crippen LogP contribution in [-0.4, -0.2) is 39.6 Å². The molecule has 3 aromatic carbocycles. The van der Waals surface area contributed by atoms with Crippen LogP contribution < -0.4 is 4.74 Å². The Bertz CT molecular complexity index is 1470. The molecule has 2 aliphatic rings. The van der Waals surface area contributed by atoms with Crippen molar-refractivity contribution in [3.05, 3.63) is 88.0 Å². The molecule has 0 radical (unpaired) electrons. The Balaban J connectivity index is 1.25. The number of benzene rings is 3. The fourth-order valence-corrected chi connectivity index (χ4v) is 6.64. The molecular weight excluding hydrogens is 520 g/mol. The number of rotatable bonds is 11. The molecular formula is C34H40O5S. The molecule has 0 aromatic heterocycles. The SMILES string of the molecule is CCOC(=O)[C@H]1C[C@@H]1c1ccc(CCc2ccc3c(c2)-c2c(C)cc(OCCCS(C)(=O)=O)cc2CCC3)cc1. The van der Waals surface area contributed by atoms with E-state index in [-0.39, 0.29) is 17.6 Å². The highest BCUT2D eigenvalue weighted by molar-refractivity contribution is 7.90. The second kappa shape index (κ2) is 12.2. The van der Waals surface area contributed by atoms with Gasteiger partial charge in [-0.2, -0.15) is 0 Å². The zero-order valence-corrected chi connectivity index (χ0v) is 24.7. The number of esters is 1. The molecule has 1 fully saturated rings. The van der Waals surface area contributed by atoms with Gasteiger partial charge in [-0.1, -0.05) is 42.5 Å². The zero-order valence-electron chi connectivity index (χ0n) is 23.9. The van der Waals surface area contributed by atoms with E-state index in [4.69, 9.17) is 9.47 Å². The number of hydrogen-bond donors (Lipinski definition) is 0. The van der Waals surface area contributed by atoms with Gasteiger partial charge >= 0.3 is 5.97 Å². The average Bonchev–Trinajstić information content (AvgIpc) is 3.73. The number of carbonyl (C=O) groups excluding carboxylic acids is 1. The average molecular weight is 561 g/mol.